The van der Waals surface area contributed by atoms with Gasteiger partial charge in [-0.2, -0.15) is 0 Å². The van der Waals surface area contributed by atoms with E-state index in [-0.39, 0.29) is 0 Å². The van der Waals surface area contributed by atoms with Crippen molar-refractivity contribution in [1.29, 1.82) is 0 Å². The smallest absolute Gasteiger partial charge is 0.122 e. The Kier molecular flexibility index (Phi) is 4.48. The maximum atomic E-state index is 9.92. The van der Waals surface area contributed by atoms with E-state index in [4.69, 9.17) is 4.74 Å². The number of aryl methyl sites for hydroxylation is 2. The molecule has 1 aromatic carbocycles. The highest BCUT2D eigenvalue weighted by atomic mass is 16.5. The van der Waals surface area contributed by atoms with Gasteiger partial charge in [-0.25, -0.2) is 0 Å². The van der Waals surface area contributed by atoms with Crippen LogP contribution in [0.2, 0.25) is 0 Å². The van der Waals surface area contributed by atoms with Crippen LogP contribution < -0.4 is 4.74 Å². The van der Waals surface area contributed by atoms with Gasteiger partial charge in [-0.15, -0.1) is 0 Å². The first-order chi connectivity index (χ1) is 9.02. The van der Waals surface area contributed by atoms with Crippen LogP contribution in [-0.4, -0.2) is 41.8 Å². The lowest BCUT2D eigenvalue weighted by Gasteiger charge is -2.46. The van der Waals surface area contributed by atoms with Crippen molar-refractivity contribution in [3.8, 4) is 5.75 Å². The Morgan fingerprint density at radius 1 is 1.32 bits per heavy atom. The molecule has 0 radical (unpaired) electrons. The summed E-state index contributed by atoms with van der Waals surface area (Å²) in [6.45, 7) is 9.57. The number of nitrogens with zero attached hydrogens (tertiary/aromatic N) is 1. The highest BCUT2D eigenvalue weighted by Gasteiger charge is 2.38. The zero-order valence-corrected chi connectivity index (χ0v) is 12.3. The second-order valence-corrected chi connectivity index (χ2v) is 5.76. The Hall–Kier alpha value is -1.06. The van der Waals surface area contributed by atoms with Gasteiger partial charge >= 0.3 is 0 Å². The highest BCUT2D eigenvalue weighted by molar-refractivity contribution is 5.35. The van der Waals surface area contributed by atoms with Crippen molar-refractivity contribution >= 4 is 0 Å². The summed E-state index contributed by atoms with van der Waals surface area (Å²) in [6.07, 6.45) is 1.86. The van der Waals surface area contributed by atoms with Crippen molar-refractivity contribution < 1.29 is 9.84 Å². The van der Waals surface area contributed by atoms with Crippen molar-refractivity contribution in [2.75, 3.05) is 26.2 Å². The average Bonchev–Trinajstić information content (AvgIpc) is 2.35. The molecular formula is C16H25NO2. The summed E-state index contributed by atoms with van der Waals surface area (Å²) >= 11 is 0. The molecule has 1 aliphatic heterocycles. The third-order valence-corrected chi connectivity index (χ3v) is 3.91. The summed E-state index contributed by atoms with van der Waals surface area (Å²) in [6, 6.07) is 6.30. The van der Waals surface area contributed by atoms with Crippen LogP contribution in [0.1, 0.15) is 30.9 Å². The molecule has 1 aliphatic rings. The van der Waals surface area contributed by atoms with E-state index in [1.54, 1.807) is 0 Å². The standard InChI is InChI=1S/C16H25NO2/c1-4-16(18)11-17(12-16)8-5-9-19-15-10-13(2)6-7-14(15)3/h6-7,10,18H,4-5,8-9,11-12H2,1-3H3. The van der Waals surface area contributed by atoms with Crippen LogP contribution >= 0.6 is 0 Å². The van der Waals surface area contributed by atoms with Crippen molar-refractivity contribution in [2.45, 2.75) is 39.2 Å². The van der Waals surface area contributed by atoms with Gasteiger partial charge in [0.1, 0.15) is 5.75 Å². The molecule has 0 bridgehead atoms. The second-order valence-electron chi connectivity index (χ2n) is 5.76. The molecule has 19 heavy (non-hydrogen) atoms. The largest absolute Gasteiger partial charge is 0.493 e. The quantitative estimate of drug-likeness (QED) is 0.801. The summed E-state index contributed by atoms with van der Waals surface area (Å²) < 4.78 is 5.83. The lowest BCUT2D eigenvalue weighted by Crippen LogP contribution is -2.61. The van der Waals surface area contributed by atoms with E-state index in [1.165, 1.54) is 11.1 Å². The fourth-order valence-electron chi connectivity index (χ4n) is 2.50. The van der Waals surface area contributed by atoms with Gasteiger partial charge in [0.05, 0.1) is 12.2 Å². The number of likely N-dealkylation sites (tertiary alicyclic amines) is 1. The summed E-state index contributed by atoms with van der Waals surface area (Å²) in [4.78, 5) is 2.29. The number of benzene rings is 1. The molecule has 1 aromatic rings. The number of ether oxygens (including phenoxy) is 1. The summed E-state index contributed by atoms with van der Waals surface area (Å²) in [5.41, 5.74) is 2.00. The Morgan fingerprint density at radius 2 is 2.05 bits per heavy atom. The SMILES string of the molecule is CCC1(O)CN(CCCOc2cc(C)ccc2C)C1. The molecule has 0 unspecified atom stereocenters. The fraction of sp³-hybridized carbons (Fsp3) is 0.625. The average molecular weight is 263 g/mol. The predicted octanol–water partition coefficient (Wildman–Crippen LogP) is 2.53. The van der Waals surface area contributed by atoms with Gasteiger partial charge in [-0.1, -0.05) is 19.1 Å². The fourth-order valence-corrected chi connectivity index (χ4v) is 2.50. The molecule has 1 fully saturated rings. The Balaban J connectivity index is 1.66. The molecule has 0 spiro atoms. The van der Waals surface area contributed by atoms with E-state index < -0.39 is 5.60 Å². The maximum Gasteiger partial charge on any atom is 0.122 e. The molecule has 1 N–H and O–H groups in total. The van der Waals surface area contributed by atoms with Crippen molar-refractivity contribution in [3.05, 3.63) is 29.3 Å². The van der Waals surface area contributed by atoms with E-state index in [0.717, 1.165) is 44.8 Å². The van der Waals surface area contributed by atoms with Gasteiger partial charge in [-0.05, 0) is 43.9 Å². The van der Waals surface area contributed by atoms with E-state index in [9.17, 15) is 5.11 Å². The molecule has 0 atom stereocenters. The van der Waals surface area contributed by atoms with Crippen LogP contribution in [0.4, 0.5) is 0 Å². The van der Waals surface area contributed by atoms with Crippen molar-refractivity contribution in [1.82, 2.24) is 4.90 Å². The van der Waals surface area contributed by atoms with Crippen LogP contribution in [0.3, 0.4) is 0 Å². The minimum absolute atomic E-state index is 0.423. The molecule has 0 aliphatic carbocycles. The lowest BCUT2D eigenvalue weighted by molar-refractivity contribution is -0.1000. The van der Waals surface area contributed by atoms with Crippen LogP contribution in [-0.2, 0) is 0 Å². The van der Waals surface area contributed by atoms with Crippen LogP contribution in [0.25, 0.3) is 0 Å². The first kappa shape index (κ1) is 14.4. The second kappa shape index (κ2) is 5.93. The molecule has 1 saturated heterocycles. The third-order valence-electron chi connectivity index (χ3n) is 3.91. The van der Waals surface area contributed by atoms with Crippen molar-refractivity contribution in [2.24, 2.45) is 0 Å². The maximum absolute atomic E-state index is 9.92. The first-order valence-electron chi connectivity index (χ1n) is 7.17. The molecule has 0 aromatic heterocycles. The minimum Gasteiger partial charge on any atom is -0.493 e. The molecule has 3 heteroatoms. The molecule has 0 amide bonds. The molecule has 2 rings (SSSR count). The van der Waals surface area contributed by atoms with Gasteiger partial charge in [0.15, 0.2) is 0 Å². The summed E-state index contributed by atoms with van der Waals surface area (Å²) in [7, 11) is 0. The number of hydrogen-bond acceptors (Lipinski definition) is 3. The van der Waals surface area contributed by atoms with Gasteiger partial charge in [-0.3, -0.25) is 4.90 Å². The van der Waals surface area contributed by atoms with Gasteiger partial charge in [0.2, 0.25) is 0 Å². The number of hydrogen-bond donors (Lipinski definition) is 1. The Morgan fingerprint density at radius 3 is 2.74 bits per heavy atom. The summed E-state index contributed by atoms with van der Waals surface area (Å²) in [5, 5.41) is 9.92. The monoisotopic (exact) mass is 263 g/mol. The van der Waals surface area contributed by atoms with Crippen LogP contribution in [0, 0.1) is 13.8 Å². The zero-order chi connectivity index (χ0) is 13.9. The van der Waals surface area contributed by atoms with Gasteiger partial charge in [0.25, 0.3) is 0 Å². The highest BCUT2D eigenvalue weighted by Crippen LogP contribution is 2.24. The van der Waals surface area contributed by atoms with Crippen molar-refractivity contribution in [3.63, 3.8) is 0 Å². The van der Waals surface area contributed by atoms with E-state index in [2.05, 4.69) is 36.9 Å². The third kappa shape index (κ3) is 3.71. The molecule has 1 heterocycles. The first-order valence-corrected chi connectivity index (χ1v) is 7.17. The lowest BCUT2D eigenvalue weighted by atomic mass is 9.91. The van der Waals surface area contributed by atoms with Gasteiger partial charge in [0, 0.05) is 19.6 Å². The van der Waals surface area contributed by atoms with E-state index in [0.29, 0.717) is 0 Å². The van der Waals surface area contributed by atoms with E-state index >= 15 is 0 Å². The number of β-amino-alcohol motifs (C(OH)–C–C–N with tert-alkyl or cyclic N) is 1. The number of rotatable bonds is 6. The topological polar surface area (TPSA) is 32.7 Å². The van der Waals surface area contributed by atoms with Crippen LogP contribution in [0.15, 0.2) is 18.2 Å². The molecule has 3 nitrogen and oxygen atoms in total. The molecular weight excluding hydrogens is 238 g/mol. The Bertz CT molecular complexity index is 425. The predicted molar refractivity (Wildman–Crippen MR) is 77.7 cm³/mol. The molecule has 106 valence electrons. The van der Waals surface area contributed by atoms with Gasteiger partial charge < -0.3 is 9.84 Å². The molecule has 0 saturated carbocycles. The normalized spacial score (nSPS) is 18.1. The zero-order valence-electron chi connectivity index (χ0n) is 12.3. The van der Waals surface area contributed by atoms with Crippen LogP contribution in [0.5, 0.6) is 5.75 Å². The van der Waals surface area contributed by atoms with E-state index in [1.807, 2.05) is 6.92 Å². The Labute approximate surface area is 116 Å². The number of aliphatic hydroxyl groups is 1. The summed E-state index contributed by atoms with van der Waals surface area (Å²) in [5.74, 6) is 0.994. The minimum atomic E-state index is -0.423.